The zero-order valence-corrected chi connectivity index (χ0v) is 16.6. The predicted octanol–water partition coefficient (Wildman–Crippen LogP) is 3.32. The first kappa shape index (κ1) is 19.3. The first-order valence-corrected chi connectivity index (χ1v) is 9.57. The van der Waals surface area contributed by atoms with E-state index in [0.717, 1.165) is 12.8 Å². The van der Waals surface area contributed by atoms with Crippen LogP contribution in [0, 0.1) is 6.92 Å². The first-order chi connectivity index (χ1) is 12.7. The number of benzene rings is 1. The minimum atomic E-state index is -0.535. The molecule has 27 heavy (non-hydrogen) atoms. The minimum absolute atomic E-state index is 0.0664. The van der Waals surface area contributed by atoms with Gasteiger partial charge in [0.05, 0.1) is 0 Å². The van der Waals surface area contributed by atoms with Gasteiger partial charge >= 0.3 is 6.09 Å². The van der Waals surface area contributed by atoms with Crippen molar-refractivity contribution in [3.8, 4) is 0 Å². The highest BCUT2D eigenvalue weighted by molar-refractivity contribution is 5.86. The monoisotopic (exact) mass is 371 g/mol. The number of aryl methyl sites for hydroxylation is 1. The van der Waals surface area contributed by atoms with Gasteiger partial charge in [0.25, 0.3) is 0 Å². The average molecular weight is 371 g/mol. The van der Waals surface area contributed by atoms with Crippen molar-refractivity contribution in [2.75, 3.05) is 19.6 Å². The fraction of sp³-hybridized carbons (Fsp3) is 0.524. The summed E-state index contributed by atoms with van der Waals surface area (Å²) in [4.78, 5) is 29.6. The number of rotatable bonds is 3. The molecule has 0 bridgehead atoms. The van der Waals surface area contributed by atoms with Gasteiger partial charge < -0.3 is 19.9 Å². The van der Waals surface area contributed by atoms with Gasteiger partial charge in [-0.05, 0) is 51.8 Å². The highest BCUT2D eigenvalue weighted by atomic mass is 16.6. The summed E-state index contributed by atoms with van der Waals surface area (Å²) in [5.74, 6) is 0.0664. The molecule has 0 fully saturated rings. The summed E-state index contributed by atoms with van der Waals surface area (Å²) in [6.45, 7) is 9.24. The molecule has 2 heterocycles. The summed E-state index contributed by atoms with van der Waals surface area (Å²) in [7, 11) is 0. The molecule has 2 amide bonds. The third kappa shape index (κ3) is 4.81. The van der Waals surface area contributed by atoms with E-state index in [-0.39, 0.29) is 18.9 Å². The summed E-state index contributed by atoms with van der Waals surface area (Å²) in [6.07, 6.45) is 1.48. The van der Waals surface area contributed by atoms with E-state index < -0.39 is 11.7 Å². The predicted molar refractivity (Wildman–Crippen MR) is 106 cm³/mol. The molecular formula is C21H29N3O3. The lowest BCUT2D eigenvalue weighted by Crippen LogP contribution is -2.37. The Hall–Kier alpha value is -2.50. The molecule has 3 rings (SSSR count). The average Bonchev–Trinajstić information content (AvgIpc) is 2.76. The van der Waals surface area contributed by atoms with Crippen LogP contribution in [0.3, 0.4) is 0 Å². The molecule has 0 aliphatic carbocycles. The summed E-state index contributed by atoms with van der Waals surface area (Å²) < 4.78 is 5.19. The van der Waals surface area contributed by atoms with Gasteiger partial charge in [0.15, 0.2) is 0 Å². The van der Waals surface area contributed by atoms with Gasteiger partial charge in [-0.1, -0.05) is 11.6 Å². The number of amides is 2. The molecular weight excluding hydrogens is 342 g/mol. The Morgan fingerprint density at radius 1 is 1.22 bits per heavy atom. The van der Waals surface area contributed by atoms with Gasteiger partial charge in [0.1, 0.15) is 5.60 Å². The van der Waals surface area contributed by atoms with E-state index in [4.69, 9.17) is 4.74 Å². The van der Waals surface area contributed by atoms with Gasteiger partial charge in [-0.25, -0.2) is 4.79 Å². The summed E-state index contributed by atoms with van der Waals surface area (Å²) in [5, 5.41) is 3.92. The van der Waals surface area contributed by atoms with Gasteiger partial charge in [-0.2, -0.15) is 0 Å². The van der Waals surface area contributed by atoms with E-state index in [2.05, 4.69) is 35.4 Å². The molecule has 146 valence electrons. The Morgan fingerprint density at radius 2 is 1.96 bits per heavy atom. The third-order valence-electron chi connectivity index (χ3n) is 4.77. The van der Waals surface area contributed by atoms with E-state index in [1.54, 1.807) is 0 Å². The van der Waals surface area contributed by atoms with Gasteiger partial charge in [-0.15, -0.1) is 0 Å². The van der Waals surface area contributed by atoms with Gasteiger partial charge in [0.2, 0.25) is 5.91 Å². The SMILES string of the molecule is Cc1ccc2[nH]c3c(c2c1)CCN(C(=O)CCNC(=O)OC(C)(C)C)CC3. The van der Waals surface area contributed by atoms with Crippen molar-refractivity contribution in [3.05, 3.63) is 35.0 Å². The van der Waals surface area contributed by atoms with E-state index in [9.17, 15) is 9.59 Å². The number of carbonyl (C=O) groups excluding carboxylic acids is 2. The number of ether oxygens (including phenoxy) is 1. The number of alkyl carbamates (subject to hydrolysis) is 1. The lowest BCUT2D eigenvalue weighted by molar-refractivity contribution is -0.130. The van der Waals surface area contributed by atoms with Crippen LogP contribution in [0.2, 0.25) is 0 Å². The smallest absolute Gasteiger partial charge is 0.407 e. The molecule has 0 saturated carbocycles. The largest absolute Gasteiger partial charge is 0.444 e. The molecule has 6 nitrogen and oxygen atoms in total. The second-order valence-corrected chi connectivity index (χ2v) is 8.19. The van der Waals surface area contributed by atoms with Crippen LogP contribution in [-0.4, -0.2) is 47.1 Å². The third-order valence-corrected chi connectivity index (χ3v) is 4.77. The standard InChI is InChI=1S/C21H29N3O3/c1-14-5-6-17-16(13-14)15-8-11-24(12-9-18(15)23-17)19(25)7-10-22-20(26)27-21(2,3)4/h5-6,13,23H,7-12H2,1-4H3,(H,22,26). The number of fused-ring (bicyclic) bond motifs is 3. The molecule has 0 spiro atoms. The van der Waals surface area contributed by atoms with Crippen molar-refractivity contribution < 1.29 is 14.3 Å². The van der Waals surface area contributed by atoms with Crippen LogP contribution < -0.4 is 5.32 Å². The van der Waals surface area contributed by atoms with Crippen molar-refractivity contribution in [3.63, 3.8) is 0 Å². The fourth-order valence-electron chi connectivity index (χ4n) is 3.51. The van der Waals surface area contributed by atoms with Crippen LogP contribution in [0.25, 0.3) is 10.9 Å². The summed E-state index contributed by atoms with van der Waals surface area (Å²) >= 11 is 0. The lowest BCUT2D eigenvalue weighted by Gasteiger charge is -2.22. The fourth-order valence-corrected chi connectivity index (χ4v) is 3.51. The normalized spacial score (nSPS) is 14.6. The lowest BCUT2D eigenvalue weighted by atomic mass is 10.1. The number of aromatic nitrogens is 1. The molecule has 1 aromatic carbocycles. The van der Waals surface area contributed by atoms with E-state index in [1.165, 1.54) is 27.7 Å². The molecule has 6 heteroatoms. The van der Waals surface area contributed by atoms with Crippen molar-refractivity contribution in [2.24, 2.45) is 0 Å². The van der Waals surface area contributed by atoms with Crippen molar-refractivity contribution in [1.29, 1.82) is 0 Å². The minimum Gasteiger partial charge on any atom is -0.444 e. The number of H-pyrrole nitrogens is 1. The first-order valence-electron chi connectivity index (χ1n) is 9.57. The molecule has 1 aliphatic rings. The van der Waals surface area contributed by atoms with Crippen LogP contribution in [0.1, 0.15) is 44.0 Å². The second kappa shape index (κ2) is 7.62. The van der Waals surface area contributed by atoms with Crippen molar-refractivity contribution in [1.82, 2.24) is 15.2 Å². The number of hydrogen-bond acceptors (Lipinski definition) is 3. The molecule has 1 aromatic heterocycles. The molecule has 0 atom stereocenters. The number of carbonyl (C=O) groups is 2. The Morgan fingerprint density at radius 3 is 2.70 bits per heavy atom. The molecule has 2 N–H and O–H groups in total. The molecule has 0 unspecified atom stereocenters. The van der Waals surface area contributed by atoms with Gasteiger partial charge in [0, 0.05) is 49.1 Å². The molecule has 2 aromatic rings. The number of nitrogens with zero attached hydrogens (tertiary/aromatic N) is 1. The van der Waals surface area contributed by atoms with Crippen LogP contribution in [-0.2, 0) is 22.4 Å². The van der Waals surface area contributed by atoms with Crippen LogP contribution in [0.15, 0.2) is 18.2 Å². The number of hydrogen-bond donors (Lipinski definition) is 2. The van der Waals surface area contributed by atoms with Crippen LogP contribution >= 0.6 is 0 Å². The van der Waals surface area contributed by atoms with Gasteiger partial charge in [-0.3, -0.25) is 4.79 Å². The van der Waals surface area contributed by atoms with E-state index in [1.807, 2.05) is 25.7 Å². The maximum absolute atomic E-state index is 12.5. The van der Waals surface area contributed by atoms with E-state index in [0.29, 0.717) is 13.1 Å². The number of nitrogens with one attached hydrogen (secondary N) is 2. The topological polar surface area (TPSA) is 74.4 Å². The number of aromatic amines is 1. The Balaban J connectivity index is 1.54. The van der Waals surface area contributed by atoms with Crippen molar-refractivity contribution in [2.45, 2.75) is 52.6 Å². The zero-order valence-electron chi connectivity index (χ0n) is 16.6. The zero-order chi connectivity index (χ0) is 19.6. The molecule has 1 aliphatic heterocycles. The Labute approximate surface area is 160 Å². The highest BCUT2D eigenvalue weighted by Crippen LogP contribution is 2.26. The maximum atomic E-state index is 12.5. The second-order valence-electron chi connectivity index (χ2n) is 8.19. The molecule has 0 radical (unpaired) electrons. The quantitative estimate of drug-likeness (QED) is 0.869. The summed E-state index contributed by atoms with van der Waals surface area (Å²) in [6, 6.07) is 6.46. The molecule has 0 saturated heterocycles. The van der Waals surface area contributed by atoms with Crippen LogP contribution in [0.4, 0.5) is 4.79 Å². The summed E-state index contributed by atoms with van der Waals surface area (Å²) in [5.41, 5.74) is 4.45. The Kier molecular flexibility index (Phi) is 5.44. The Bertz CT molecular complexity index is 848. The van der Waals surface area contributed by atoms with E-state index >= 15 is 0 Å². The van der Waals surface area contributed by atoms with Crippen molar-refractivity contribution >= 4 is 22.9 Å². The maximum Gasteiger partial charge on any atom is 0.407 e. The van der Waals surface area contributed by atoms with Crippen LogP contribution in [0.5, 0.6) is 0 Å². The highest BCUT2D eigenvalue weighted by Gasteiger charge is 2.22.